The van der Waals surface area contributed by atoms with E-state index < -0.39 is 0 Å². The molecule has 0 fully saturated rings. The van der Waals surface area contributed by atoms with E-state index >= 15 is 0 Å². The molecule has 2 aromatic rings. The summed E-state index contributed by atoms with van der Waals surface area (Å²) in [5.74, 6) is -0.322. The summed E-state index contributed by atoms with van der Waals surface area (Å²) in [4.78, 5) is 11.9. The number of anilines is 2. The molecule has 1 heterocycles. The Morgan fingerprint density at radius 2 is 2.18 bits per heavy atom. The number of rotatable bonds is 2. The first-order valence-electron chi connectivity index (χ1n) is 4.99. The molecule has 0 atom stereocenters. The summed E-state index contributed by atoms with van der Waals surface area (Å²) in [6.45, 7) is 1.84. The third kappa shape index (κ3) is 2.26. The standard InChI is InChI=1S/C12H11ClN2O2/c1-7-9(14)3-2-4-10(7)15-12(16)8-5-6-17-11(8)13/h2-6H,14H2,1H3,(H,15,16). The van der Waals surface area contributed by atoms with Gasteiger partial charge >= 0.3 is 0 Å². The highest BCUT2D eigenvalue weighted by Crippen LogP contribution is 2.23. The van der Waals surface area contributed by atoms with Crippen LogP contribution >= 0.6 is 11.6 Å². The molecule has 4 nitrogen and oxygen atoms in total. The number of benzene rings is 1. The Bertz CT molecular complexity index is 563. The molecule has 17 heavy (non-hydrogen) atoms. The van der Waals surface area contributed by atoms with Crippen LogP contribution in [0, 0.1) is 6.92 Å². The van der Waals surface area contributed by atoms with E-state index in [1.54, 1.807) is 18.2 Å². The molecule has 2 rings (SSSR count). The first kappa shape index (κ1) is 11.5. The molecule has 0 saturated heterocycles. The number of carbonyl (C=O) groups is 1. The van der Waals surface area contributed by atoms with Crippen LogP contribution in [-0.4, -0.2) is 5.91 Å². The van der Waals surface area contributed by atoms with E-state index in [2.05, 4.69) is 5.32 Å². The maximum absolute atomic E-state index is 11.9. The van der Waals surface area contributed by atoms with E-state index in [4.69, 9.17) is 21.8 Å². The number of hydrogen-bond donors (Lipinski definition) is 2. The molecule has 0 unspecified atom stereocenters. The first-order chi connectivity index (χ1) is 8.09. The van der Waals surface area contributed by atoms with E-state index in [0.29, 0.717) is 16.9 Å². The van der Waals surface area contributed by atoms with E-state index in [1.165, 1.54) is 12.3 Å². The summed E-state index contributed by atoms with van der Waals surface area (Å²) in [6.07, 6.45) is 1.36. The quantitative estimate of drug-likeness (QED) is 0.805. The second kappa shape index (κ2) is 4.51. The molecule has 3 N–H and O–H groups in total. The predicted octanol–water partition coefficient (Wildman–Crippen LogP) is 3.08. The summed E-state index contributed by atoms with van der Waals surface area (Å²) in [7, 11) is 0. The van der Waals surface area contributed by atoms with Crippen LogP contribution in [0.4, 0.5) is 11.4 Å². The lowest BCUT2D eigenvalue weighted by Crippen LogP contribution is -2.12. The van der Waals surface area contributed by atoms with Gasteiger partial charge in [0.15, 0.2) is 0 Å². The summed E-state index contributed by atoms with van der Waals surface area (Å²) < 4.78 is 4.86. The van der Waals surface area contributed by atoms with Gasteiger partial charge in [-0.3, -0.25) is 4.79 Å². The molecule has 5 heteroatoms. The molecule has 0 bridgehead atoms. The molecular formula is C12H11ClN2O2. The Labute approximate surface area is 103 Å². The Morgan fingerprint density at radius 1 is 1.41 bits per heavy atom. The van der Waals surface area contributed by atoms with E-state index in [1.807, 2.05) is 6.92 Å². The molecule has 1 aromatic carbocycles. The minimum absolute atomic E-state index is 0.0732. The van der Waals surface area contributed by atoms with Crippen LogP contribution in [0.25, 0.3) is 0 Å². The van der Waals surface area contributed by atoms with Crippen molar-refractivity contribution in [3.63, 3.8) is 0 Å². The highest BCUT2D eigenvalue weighted by molar-refractivity contribution is 6.32. The van der Waals surface area contributed by atoms with Crippen LogP contribution in [0.5, 0.6) is 0 Å². The van der Waals surface area contributed by atoms with Crippen LogP contribution in [-0.2, 0) is 0 Å². The van der Waals surface area contributed by atoms with Crippen LogP contribution in [0.15, 0.2) is 34.9 Å². The zero-order valence-corrected chi connectivity index (χ0v) is 9.91. The minimum atomic E-state index is -0.322. The van der Waals surface area contributed by atoms with Crippen LogP contribution in [0.2, 0.25) is 5.22 Å². The van der Waals surface area contributed by atoms with Crippen LogP contribution in [0.3, 0.4) is 0 Å². The fourth-order valence-electron chi connectivity index (χ4n) is 1.43. The number of hydrogen-bond acceptors (Lipinski definition) is 3. The molecule has 0 spiro atoms. The van der Waals surface area contributed by atoms with Crippen molar-refractivity contribution in [2.24, 2.45) is 0 Å². The first-order valence-corrected chi connectivity index (χ1v) is 5.37. The van der Waals surface area contributed by atoms with Gasteiger partial charge in [-0.2, -0.15) is 0 Å². The van der Waals surface area contributed by atoms with Crippen molar-refractivity contribution in [1.29, 1.82) is 0 Å². The van der Waals surface area contributed by atoms with Crippen LogP contribution in [0.1, 0.15) is 15.9 Å². The number of furan rings is 1. The monoisotopic (exact) mass is 250 g/mol. The van der Waals surface area contributed by atoms with Crippen molar-refractivity contribution in [3.8, 4) is 0 Å². The number of nitrogens with two attached hydrogens (primary N) is 1. The van der Waals surface area contributed by atoms with Crippen LogP contribution < -0.4 is 11.1 Å². The normalized spacial score (nSPS) is 10.2. The molecule has 0 saturated carbocycles. The molecule has 1 amide bonds. The minimum Gasteiger partial charge on any atom is -0.452 e. The summed E-state index contributed by atoms with van der Waals surface area (Å²) in [6, 6.07) is 6.83. The van der Waals surface area contributed by atoms with Gasteiger partial charge in [0.05, 0.1) is 11.8 Å². The topological polar surface area (TPSA) is 68.3 Å². The van der Waals surface area contributed by atoms with Crippen molar-refractivity contribution in [2.75, 3.05) is 11.1 Å². The van der Waals surface area contributed by atoms with Crippen molar-refractivity contribution < 1.29 is 9.21 Å². The molecule has 0 aliphatic rings. The molecule has 0 radical (unpaired) electrons. The molecule has 88 valence electrons. The largest absolute Gasteiger partial charge is 0.452 e. The third-order valence-electron chi connectivity index (χ3n) is 2.49. The van der Waals surface area contributed by atoms with Gasteiger partial charge in [0, 0.05) is 11.4 Å². The van der Waals surface area contributed by atoms with Crippen molar-refractivity contribution in [3.05, 3.63) is 46.9 Å². The number of carbonyl (C=O) groups excluding carboxylic acids is 1. The molecule has 1 aromatic heterocycles. The van der Waals surface area contributed by atoms with Gasteiger partial charge in [-0.15, -0.1) is 0 Å². The fraction of sp³-hybridized carbons (Fsp3) is 0.0833. The second-order valence-electron chi connectivity index (χ2n) is 3.58. The number of nitrogen functional groups attached to an aromatic ring is 1. The molecular weight excluding hydrogens is 240 g/mol. The van der Waals surface area contributed by atoms with Gasteiger partial charge in [-0.25, -0.2) is 0 Å². The van der Waals surface area contributed by atoms with Crippen molar-refractivity contribution in [2.45, 2.75) is 6.92 Å². The second-order valence-corrected chi connectivity index (χ2v) is 3.93. The lowest BCUT2D eigenvalue weighted by Gasteiger charge is -2.09. The zero-order chi connectivity index (χ0) is 12.4. The van der Waals surface area contributed by atoms with E-state index in [0.717, 1.165) is 5.56 Å². The van der Waals surface area contributed by atoms with Gasteiger partial charge < -0.3 is 15.5 Å². The van der Waals surface area contributed by atoms with Crippen molar-refractivity contribution in [1.82, 2.24) is 0 Å². The Kier molecular flexibility index (Phi) is 3.06. The van der Waals surface area contributed by atoms with Gasteiger partial charge in [0.2, 0.25) is 5.22 Å². The summed E-state index contributed by atoms with van der Waals surface area (Å²) >= 11 is 5.72. The summed E-state index contributed by atoms with van der Waals surface area (Å²) in [5.41, 5.74) is 8.15. The maximum Gasteiger partial charge on any atom is 0.260 e. The highest BCUT2D eigenvalue weighted by atomic mass is 35.5. The highest BCUT2D eigenvalue weighted by Gasteiger charge is 2.14. The van der Waals surface area contributed by atoms with Crippen molar-refractivity contribution >= 4 is 28.9 Å². The predicted molar refractivity (Wildman–Crippen MR) is 67.3 cm³/mol. The van der Waals surface area contributed by atoms with Gasteiger partial charge in [-0.1, -0.05) is 6.07 Å². The average Bonchev–Trinajstić information content (AvgIpc) is 2.71. The Balaban J connectivity index is 2.25. The smallest absolute Gasteiger partial charge is 0.260 e. The third-order valence-corrected chi connectivity index (χ3v) is 2.78. The fourth-order valence-corrected chi connectivity index (χ4v) is 1.63. The van der Waals surface area contributed by atoms with Gasteiger partial charge in [0.25, 0.3) is 5.91 Å². The van der Waals surface area contributed by atoms with Gasteiger partial charge in [0.1, 0.15) is 0 Å². The SMILES string of the molecule is Cc1c(N)cccc1NC(=O)c1ccoc1Cl. The van der Waals surface area contributed by atoms with E-state index in [9.17, 15) is 4.79 Å². The summed E-state index contributed by atoms with van der Waals surface area (Å²) in [5, 5.41) is 2.80. The Morgan fingerprint density at radius 3 is 2.82 bits per heavy atom. The Hall–Kier alpha value is -1.94. The number of nitrogens with one attached hydrogen (secondary N) is 1. The van der Waals surface area contributed by atoms with E-state index in [-0.39, 0.29) is 11.1 Å². The maximum atomic E-state index is 11.9. The zero-order valence-electron chi connectivity index (χ0n) is 9.16. The number of halogens is 1. The molecule has 0 aliphatic carbocycles. The lowest BCUT2D eigenvalue weighted by molar-refractivity contribution is 0.102. The number of amides is 1. The van der Waals surface area contributed by atoms with Gasteiger partial charge in [-0.05, 0) is 42.3 Å². The average molecular weight is 251 g/mol. The lowest BCUT2D eigenvalue weighted by atomic mass is 10.1. The molecule has 0 aliphatic heterocycles.